The van der Waals surface area contributed by atoms with Crippen molar-refractivity contribution in [2.75, 3.05) is 32.5 Å². The van der Waals surface area contributed by atoms with Crippen molar-refractivity contribution < 1.29 is 9.59 Å². The van der Waals surface area contributed by atoms with Gasteiger partial charge in [-0.15, -0.1) is 0 Å². The van der Waals surface area contributed by atoms with Crippen molar-refractivity contribution in [2.45, 2.75) is 44.1 Å². The molecule has 5 nitrogen and oxygen atoms in total. The number of benzene rings is 1. The van der Waals surface area contributed by atoms with E-state index in [0.717, 1.165) is 37.2 Å². The van der Waals surface area contributed by atoms with Crippen LogP contribution in [0.4, 0.5) is 5.69 Å². The Morgan fingerprint density at radius 3 is 2.58 bits per heavy atom. The van der Waals surface area contributed by atoms with E-state index >= 15 is 0 Å². The Hall–Kier alpha value is -1.88. The van der Waals surface area contributed by atoms with Crippen molar-refractivity contribution in [2.24, 2.45) is 0 Å². The van der Waals surface area contributed by atoms with E-state index in [2.05, 4.69) is 10.2 Å². The number of carbonyl (C=O) groups is 2. The molecule has 2 amide bonds. The number of carbonyl (C=O) groups excluding carboxylic acids is 2. The third-order valence-electron chi connectivity index (χ3n) is 5.13. The summed E-state index contributed by atoms with van der Waals surface area (Å²) in [6.45, 7) is 1.58. The van der Waals surface area contributed by atoms with Crippen molar-refractivity contribution in [1.82, 2.24) is 9.80 Å². The van der Waals surface area contributed by atoms with Crippen LogP contribution in [0.15, 0.2) is 24.3 Å². The fourth-order valence-electron chi connectivity index (χ4n) is 3.83. The number of rotatable bonds is 5. The SMILES string of the molecule is CN(C)CCN(C(=O)C1CC(=O)Nc2ccccc21)C1CCCC1. The van der Waals surface area contributed by atoms with E-state index in [1.54, 1.807) is 0 Å². The van der Waals surface area contributed by atoms with Gasteiger partial charge in [0, 0.05) is 31.2 Å². The molecule has 1 atom stereocenters. The highest BCUT2D eigenvalue weighted by Crippen LogP contribution is 2.35. The van der Waals surface area contributed by atoms with Crippen LogP contribution in [0.2, 0.25) is 0 Å². The van der Waals surface area contributed by atoms with Crippen molar-refractivity contribution >= 4 is 17.5 Å². The van der Waals surface area contributed by atoms with Crippen LogP contribution in [0.3, 0.4) is 0 Å². The summed E-state index contributed by atoms with van der Waals surface area (Å²) in [6, 6.07) is 8.01. The first-order chi connectivity index (χ1) is 11.6. The Kier molecular flexibility index (Phi) is 5.19. The van der Waals surface area contributed by atoms with Gasteiger partial charge in [0.2, 0.25) is 11.8 Å². The van der Waals surface area contributed by atoms with Gasteiger partial charge in [0.05, 0.1) is 5.92 Å². The van der Waals surface area contributed by atoms with Gasteiger partial charge in [0.15, 0.2) is 0 Å². The average Bonchev–Trinajstić information content (AvgIpc) is 3.08. The van der Waals surface area contributed by atoms with E-state index in [1.807, 2.05) is 43.3 Å². The van der Waals surface area contributed by atoms with Gasteiger partial charge < -0.3 is 15.1 Å². The summed E-state index contributed by atoms with van der Waals surface area (Å²) >= 11 is 0. The number of anilines is 1. The zero-order chi connectivity index (χ0) is 17.1. The molecule has 0 radical (unpaired) electrons. The number of amides is 2. The number of fused-ring (bicyclic) bond motifs is 1. The third-order valence-corrected chi connectivity index (χ3v) is 5.13. The maximum Gasteiger partial charge on any atom is 0.231 e. The molecule has 1 unspecified atom stereocenters. The van der Waals surface area contributed by atoms with Gasteiger partial charge >= 0.3 is 0 Å². The summed E-state index contributed by atoms with van der Waals surface area (Å²) in [5.41, 5.74) is 1.74. The summed E-state index contributed by atoms with van der Waals surface area (Å²) in [4.78, 5) is 29.6. The van der Waals surface area contributed by atoms with Crippen LogP contribution >= 0.6 is 0 Å². The highest BCUT2D eigenvalue weighted by Gasteiger charge is 2.36. The molecule has 1 aromatic rings. The zero-order valence-corrected chi connectivity index (χ0v) is 14.6. The second-order valence-corrected chi connectivity index (χ2v) is 7.17. The second-order valence-electron chi connectivity index (χ2n) is 7.17. The van der Waals surface area contributed by atoms with E-state index in [1.165, 1.54) is 12.8 Å². The van der Waals surface area contributed by atoms with E-state index in [9.17, 15) is 9.59 Å². The molecule has 0 bridgehead atoms. The first kappa shape index (κ1) is 17.0. The van der Waals surface area contributed by atoms with Crippen LogP contribution in [-0.4, -0.2) is 54.8 Å². The van der Waals surface area contributed by atoms with Crippen molar-refractivity contribution in [1.29, 1.82) is 0 Å². The molecular formula is C19H27N3O2. The topological polar surface area (TPSA) is 52.7 Å². The molecule has 0 saturated heterocycles. The Morgan fingerprint density at radius 2 is 1.88 bits per heavy atom. The highest BCUT2D eigenvalue weighted by molar-refractivity contribution is 6.01. The van der Waals surface area contributed by atoms with Crippen LogP contribution in [-0.2, 0) is 9.59 Å². The summed E-state index contributed by atoms with van der Waals surface area (Å²) < 4.78 is 0. The van der Waals surface area contributed by atoms with Gasteiger partial charge in [-0.2, -0.15) is 0 Å². The molecule has 1 aliphatic carbocycles. The predicted octanol–water partition coefficient (Wildman–Crippen LogP) is 2.45. The lowest BCUT2D eigenvalue weighted by molar-refractivity contribution is -0.137. The molecule has 1 heterocycles. The molecule has 1 aromatic carbocycles. The molecule has 130 valence electrons. The summed E-state index contributed by atoms with van der Waals surface area (Å²) in [7, 11) is 4.06. The molecule has 1 fully saturated rings. The lowest BCUT2D eigenvalue weighted by Crippen LogP contribution is -2.46. The van der Waals surface area contributed by atoms with Crippen LogP contribution in [0.25, 0.3) is 0 Å². The Morgan fingerprint density at radius 1 is 1.17 bits per heavy atom. The maximum absolute atomic E-state index is 13.3. The van der Waals surface area contributed by atoms with Crippen LogP contribution < -0.4 is 5.32 Å². The lowest BCUT2D eigenvalue weighted by Gasteiger charge is -2.35. The van der Waals surface area contributed by atoms with E-state index in [-0.39, 0.29) is 24.2 Å². The number of likely N-dealkylation sites (N-methyl/N-ethyl adjacent to an activating group) is 1. The Labute approximate surface area is 144 Å². The molecule has 24 heavy (non-hydrogen) atoms. The molecule has 1 aliphatic heterocycles. The fourth-order valence-corrected chi connectivity index (χ4v) is 3.83. The molecule has 2 aliphatic rings. The fraction of sp³-hybridized carbons (Fsp3) is 0.579. The van der Waals surface area contributed by atoms with Crippen molar-refractivity contribution in [3.8, 4) is 0 Å². The molecule has 5 heteroatoms. The van der Waals surface area contributed by atoms with Gasteiger partial charge in [-0.1, -0.05) is 31.0 Å². The standard InChI is InChI=1S/C19H27N3O2/c1-21(2)11-12-22(14-7-3-4-8-14)19(24)16-13-18(23)20-17-10-6-5-9-15(16)17/h5-6,9-10,14,16H,3-4,7-8,11-13H2,1-2H3,(H,20,23). The van der Waals surface area contributed by atoms with Crippen molar-refractivity contribution in [3.05, 3.63) is 29.8 Å². The lowest BCUT2D eigenvalue weighted by atomic mass is 9.89. The third kappa shape index (κ3) is 3.61. The minimum atomic E-state index is -0.349. The first-order valence-corrected chi connectivity index (χ1v) is 8.90. The van der Waals surface area contributed by atoms with Crippen LogP contribution in [0.5, 0.6) is 0 Å². The quantitative estimate of drug-likeness (QED) is 0.903. The number of nitrogens with zero attached hydrogens (tertiary/aromatic N) is 2. The van der Waals surface area contributed by atoms with Gasteiger partial charge in [-0.3, -0.25) is 9.59 Å². The van der Waals surface area contributed by atoms with Gasteiger partial charge in [0.1, 0.15) is 0 Å². The molecule has 0 spiro atoms. The van der Waals surface area contributed by atoms with E-state index < -0.39 is 0 Å². The summed E-state index contributed by atoms with van der Waals surface area (Å²) in [5, 5.41) is 2.89. The average molecular weight is 329 g/mol. The molecule has 1 saturated carbocycles. The van der Waals surface area contributed by atoms with Crippen LogP contribution in [0, 0.1) is 0 Å². The zero-order valence-electron chi connectivity index (χ0n) is 14.6. The smallest absolute Gasteiger partial charge is 0.231 e. The predicted molar refractivity (Wildman–Crippen MR) is 95.0 cm³/mol. The second kappa shape index (κ2) is 7.34. The normalized spacial score (nSPS) is 20.8. The largest absolute Gasteiger partial charge is 0.338 e. The number of hydrogen-bond donors (Lipinski definition) is 1. The van der Waals surface area contributed by atoms with E-state index in [4.69, 9.17) is 0 Å². The molecule has 1 N–H and O–H groups in total. The van der Waals surface area contributed by atoms with Crippen LogP contribution in [0.1, 0.15) is 43.6 Å². The molecule has 0 aromatic heterocycles. The van der Waals surface area contributed by atoms with Gasteiger partial charge in [-0.25, -0.2) is 0 Å². The Balaban J connectivity index is 1.84. The minimum Gasteiger partial charge on any atom is -0.338 e. The first-order valence-electron chi connectivity index (χ1n) is 8.90. The summed E-state index contributed by atoms with van der Waals surface area (Å²) in [6.07, 6.45) is 4.80. The number of hydrogen-bond acceptors (Lipinski definition) is 3. The monoisotopic (exact) mass is 329 g/mol. The highest BCUT2D eigenvalue weighted by atomic mass is 16.2. The minimum absolute atomic E-state index is 0.0639. The van der Waals surface area contributed by atoms with Gasteiger partial charge in [0.25, 0.3) is 0 Å². The summed E-state index contributed by atoms with van der Waals surface area (Å²) in [5.74, 6) is -0.296. The molecule has 3 rings (SSSR count). The maximum atomic E-state index is 13.3. The number of para-hydroxylation sites is 1. The Bertz CT molecular complexity index is 608. The van der Waals surface area contributed by atoms with Gasteiger partial charge in [-0.05, 0) is 38.6 Å². The number of nitrogens with one attached hydrogen (secondary N) is 1. The van der Waals surface area contributed by atoms with E-state index in [0.29, 0.717) is 6.04 Å². The van der Waals surface area contributed by atoms with Crippen molar-refractivity contribution in [3.63, 3.8) is 0 Å². The molecular weight excluding hydrogens is 302 g/mol.